The van der Waals surface area contributed by atoms with Crippen molar-refractivity contribution in [2.75, 3.05) is 13.7 Å². The fourth-order valence-corrected chi connectivity index (χ4v) is 4.89. The Morgan fingerprint density at radius 3 is 1.45 bits per heavy atom. The van der Waals surface area contributed by atoms with Crippen molar-refractivity contribution in [3.8, 4) is 0 Å². The van der Waals surface area contributed by atoms with Crippen LogP contribution in [0.3, 0.4) is 0 Å². The van der Waals surface area contributed by atoms with Crippen molar-refractivity contribution in [1.82, 2.24) is 5.32 Å². The number of aryl methyl sites for hydroxylation is 2. The Kier molecular flexibility index (Phi) is 14.4. The smallest absolute Gasteiger partial charge is 0.336 e. The van der Waals surface area contributed by atoms with Crippen LogP contribution in [0.15, 0.2) is 121 Å². The summed E-state index contributed by atoms with van der Waals surface area (Å²) in [5, 5.41) is 2.91. The van der Waals surface area contributed by atoms with Crippen LogP contribution >= 0.6 is 0 Å². The molecule has 0 saturated heterocycles. The van der Waals surface area contributed by atoms with Crippen LogP contribution in [-0.2, 0) is 14.3 Å². The fourth-order valence-electron chi connectivity index (χ4n) is 4.89. The number of methoxy groups -OCH3 is 1. The Morgan fingerprint density at radius 1 is 0.617 bits per heavy atom. The molecule has 0 atom stereocenters. The highest BCUT2D eigenvalue weighted by Crippen LogP contribution is 2.29. The molecule has 0 aliphatic rings. The first-order chi connectivity index (χ1) is 22.8. The van der Waals surface area contributed by atoms with Gasteiger partial charge in [0, 0.05) is 17.7 Å². The maximum Gasteiger partial charge on any atom is 0.336 e. The molecule has 238 valence electrons. The van der Waals surface area contributed by atoms with Crippen molar-refractivity contribution in [1.29, 1.82) is 0 Å². The van der Waals surface area contributed by atoms with E-state index in [1.165, 1.54) is 13.5 Å². The molecule has 4 aromatic rings. The number of carbonyl (C=O) groups is 2. The van der Waals surface area contributed by atoms with Gasteiger partial charge in [-0.25, -0.2) is 9.69 Å². The van der Waals surface area contributed by atoms with E-state index in [0.29, 0.717) is 17.7 Å². The van der Waals surface area contributed by atoms with E-state index >= 15 is 0 Å². The minimum absolute atomic E-state index is 0.00690. The molecule has 0 radical (unpaired) electrons. The molecule has 0 aliphatic carbocycles. The van der Waals surface area contributed by atoms with Crippen LogP contribution in [0.2, 0.25) is 0 Å². The zero-order chi connectivity index (χ0) is 34.0. The number of rotatable bonds is 11. The van der Waals surface area contributed by atoms with Gasteiger partial charge in [0.05, 0.1) is 20.3 Å². The van der Waals surface area contributed by atoms with Gasteiger partial charge in [-0.15, -0.1) is 0 Å². The standard InChI is InChI=1S/C23H26N2O.C18H15NO2/c1-4-5-6-10-17-25-23(26)22(24-3)21(19-11-8-7-9-12-19)20-15-13-18(2)14-16-20;1-13-9-11-15(12-10-13)16(14-7-5-4-6-8-14)17(19-2)18(20)21-3/h7-9,11-16H,4-6,10,17H2,1-2H3,(H,25,26);4-12H,1,3H3/b22-21-;17-16-. The molecule has 0 aliphatic heterocycles. The number of hydrogen-bond donors (Lipinski definition) is 1. The molecule has 0 fully saturated rings. The van der Waals surface area contributed by atoms with Gasteiger partial charge in [0.25, 0.3) is 17.3 Å². The van der Waals surface area contributed by atoms with E-state index in [0.717, 1.165) is 52.6 Å². The summed E-state index contributed by atoms with van der Waals surface area (Å²) in [6.45, 7) is 21.7. The largest absolute Gasteiger partial charge is 0.474 e. The lowest BCUT2D eigenvalue weighted by Crippen LogP contribution is -2.26. The molecular weight excluding hydrogens is 582 g/mol. The summed E-state index contributed by atoms with van der Waals surface area (Å²) < 4.78 is 4.74. The summed E-state index contributed by atoms with van der Waals surface area (Å²) in [5.74, 6) is -0.916. The zero-order valence-corrected chi connectivity index (χ0v) is 27.5. The molecular formula is C41H41N3O3. The molecule has 6 nitrogen and oxygen atoms in total. The van der Waals surface area contributed by atoms with Crippen LogP contribution in [0.4, 0.5) is 0 Å². The highest BCUT2D eigenvalue weighted by molar-refractivity contribution is 6.06. The van der Waals surface area contributed by atoms with Gasteiger partial charge in [-0.05, 0) is 42.5 Å². The summed E-state index contributed by atoms with van der Waals surface area (Å²) in [4.78, 5) is 31.6. The Labute approximate surface area is 279 Å². The highest BCUT2D eigenvalue weighted by atomic mass is 16.5. The third-order valence-electron chi connectivity index (χ3n) is 7.41. The predicted octanol–water partition coefficient (Wildman–Crippen LogP) is 9.22. The second-order valence-electron chi connectivity index (χ2n) is 10.9. The fraction of sp³-hybridized carbons (Fsp3) is 0.220. The van der Waals surface area contributed by atoms with E-state index < -0.39 is 5.97 Å². The molecule has 4 rings (SSSR count). The predicted molar refractivity (Wildman–Crippen MR) is 190 cm³/mol. The van der Waals surface area contributed by atoms with E-state index in [2.05, 4.69) is 21.9 Å². The molecule has 0 aromatic heterocycles. The van der Waals surface area contributed by atoms with E-state index in [1.807, 2.05) is 123 Å². The SMILES string of the molecule is [C-]#[N+]/C(C(=O)NCCCCCC)=C(/c1ccccc1)c1ccc(C)cc1.[C-]#[N+]/C(C(=O)OC)=C(/c1ccccc1)c1ccc(C)cc1. The number of carbonyl (C=O) groups excluding carboxylic acids is 2. The zero-order valence-electron chi connectivity index (χ0n) is 27.5. The Bertz CT molecular complexity index is 1760. The average molecular weight is 624 g/mol. The van der Waals surface area contributed by atoms with Crippen molar-refractivity contribution in [2.45, 2.75) is 46.5 Å². The summed E-state index contributed by atoms with van der Waals surface area (Å²) in [7, 11) is 1.28. The third kappa shape index (κ3) is 10.4. The van der Waals surface area contributed by atoms with Crippen LogP contribution in [0.1, 0.15) is 66.0 Å². The number of benzene rings is 4. The molecule has 1 amide bonds. The quantitative estimate of drug-likeness (QED) is 0.0784. The van der Waals surface area contributed by atoms with Crippen molar-refractivity contribution in [3.63, 3.8) is 0 Å². The monoisotopic (exact) mass is 623 g/mol. The molecule has 0 heterocycles. The van der Waals surface area contributed by atoms with Gasteiger partial charge >= 0.3 is 5.97 Å². The Hall–Kier alpha value is -5.72. The lowest BCUT2D eigenvalue weighted by Gasteiger charge is -2.13. The lowest BCUT2D eigenvalue weighted by molar-refractivity contribution is -0.135. The Morgan fingerprint density at radius 2 is 1.04 bits per heavy atom. The van der Waals surface area contributed by atoms with E-state index in [1.54, 1.807) is 0 Å². The molecule has 47 heavy (non-hydrogen) atoms. The first kappa shape index (κ1) is 35.8. The van der Waals surface area contributed by atoms with Crippen molar-refractivity contribution >= 4 is 23.0 Å². The van der Waals surface area contributed by atoms with Gasteiger partial charge in [0.2, 0.25) is 0 Å². The van der Waals surface area contributed by atoms with E-state index in [-0.39, 0.29) is 17.3 Å². The number of nitrogens with zero attached hydrogens (tertiary/aromatic N) is 2. The summed E-state index contributed by atoms with van der Waals surface area (Å²) in [6, 6.07) is 34.7. The second kappa shape index (κ2) is 18.9. The van der Waals surface area contributed by atoms with Crippen LogP contribution in [0, 0.1) is 27.0 Å². The number of nitrogens with one attached hydrogen (secondary N) is 1. The highest BCUT2D eigenvalue weighted by Gasteiger charge is 2.20. The van der Waals surface area contributed by atoms with Gasteiger partial charge in [0.1, 0.15) is 0 Å². The first-order valence-corrected chi connectivity index (χ1v) is 15.7. The maximum atomic E-state index is 12.7. The van der Waals surface area contributed by atoms with Gasteiger partial charge in [-0.2, -0.15) is 0 Å². The Balaban J connectivity index is 0.000000261. The van der Waals surface area contributed by atoms with Gasteiger partial charge in [-0.1, -0.05) is 147 Å². The van der Waals surface area contributed by atoms with Crippen molar-refractivity contribution in [2.24, 2.45) is 0 Å². The van der Waals surface area contributed by atoms with Gasteiger partial charge < -0.3 is 10.1 Å². The van der Waals surface area contributed by atoms with Crippen LogP contribution in [-0.4, -0.2) is 25.5 Å². The third-order valence-corrected chi connectivity index (χ3v) is 7.41. The number of unbranched alkanes of at least 4 members (excludes halogenated alkanes) is 3. The average Bonchev–Trinajstić information content (AvgIpc) is 3.11. The van der Waals surface area contributed by atoms with Gasteiger partial charge in [0.15, 0.2) is 0 Å². The summed E-state index contributed by atoms with van der Waals surface area (Å²) in [5.41, 5.74) is 7.09. The van der Waals surface area contributed by atoms with Crippen LogP contribution in [0.25, 0.3) is 20.8 Å². The minimum atomic E-state index is -0.621. The minimum Gasteiger partial charge on any atom is -0.474 e. The second-order valence-corrected chi connectivity index (χ2v) is 10.9. The molecule has 0 unspecified atom stereocenters. The van der Waals surface area contributed by atoms with Crippen LogP contribution < -0.4 is 5.32 Å². The van der Waals surface area contributed by atoms with E-state index in [9.17, 15) is 9.59 Å². The number of amides is 1. The van der Waals surface area contributed by atoms with E-state index in [4.69, 9.17) is 17.9 Å². The topological polar surface area (TPSA) is 64.1 Å². The number of hydrogen-bond acceptors (Lipinski definition) is 3. The first-order valence-electron chi connectivity index (χ1n) is 15.7. The lowest BCUT2D eigenvalue weighted by atomic mass is 9.95. The van der Waals surface area contributed by atoms with Crippen LogP contribution in [0.5, 0.6) is 0 Å². The summed E-state index contributed by atoms with van der Waals surface area (Å²) >= 11 is 0. The molecule has 1 N–H and O–H groups in total. The maximum absolute atomic E-state index is 12.7. The number of ether oxygens (including phenoxy) is 1. The van der Waals surface area contributed by atoms with Gasteiger partial charge in [-0.3, -0.25) is 9.59 Å². The molecule has 0 spiro atoms. The van der Waals surface area contributed by atoms with Crippen molar-refractivity contribution < 1.29 is 14.3 Å². The van der Waals surface area contributed by atoms with Crippen molar-refractivity contribution in [3.05, 3.63) is 177 Å². The number of esters is 1. The summed E-state index contributed by atoms with van der Waals surface area (Å²) in [6.07, 6.45) is 4.36. The molecule has 0 saturated carbocycles. The molecule has 0 bridgehead atoms. The normalized spacial score (nSPS) is 11.4. The molecule has 4 aromatic carbocycles. The molecule has 6 heteroatoms.